The summed E-state index contributed by atoms with van der Waals surface area (Å²) >= 11 is 4.20. The van der Waals surface area contributed by atoms with Crippen LogP contribution in [0.25, 0.3) is 0 Å². The first-order valence-corrected chi connectivity index (χ1v) is 8.33. The monoisotopic (exact) mass is 508 g/mol. The number of aromatic hydroxyl groups is 1. The number of ether oxygens (including phenoxy) is 1. The zero-order valence-electron chi connectivity index (χ0n) is 11.3. The average Bonchev–Trinajstić information content (AvgIpc) is 2.49. The SMILES string of the molecule is COc1ccccc1CN/N=C\c1cc(I)c(O)c(I)c1. The maximum absolute atomic E-state index is 9.72. The van der Waals surface area contributed by atoms with Crippen LogP contribution in [0.5, 0.6) is 11.5 Å². The van der Waals surface area contributed by atoms with Crippen LogP contribution < -0.4 is 10.2 Å². The van der Waals surface area contributed by atoms with E-state index in [0.29, 0.717) is 12.3 Å². The first-order valence-electron chi connectivity index (χ1n) is 6.17. The van der Waals surface area contributed by atoms with Gasteiger partial charge in [0.25, 0.3) is 0 Å². The van der Waals surface area contributed by atoms with Crippen molar-refractivity contribution in [3.8, 4) is 11.5 Å². The standard InChI is InChI=1S/C15H14I2N2O2/c1-21-14-5-3-2-4-11(14)9-19-18-8-10-6-12(16)15(20)13(17)7-10/h2-8,19-20H,9H2,1H3/b18-8-. The van der Waals surface area contributed by atoms with E-state index in [2.05, 4.69) is 55.7 Å². The molecule has 2 aromatic rings. The minimum atomic E-state index is 0.315. The highest BCUT2D eigenvalue weighted by atomic mass is 127. The van der Waals surface area contributed by atoms with Gasteiger partial charge in [-0.05, 0) is 68.9 Å². The van der Waals surface area contributed by atoms with E-state index in [1.807, 2.05) is 36.4 Å². The zero-order chi connectivity index (χ0) is 15.2. The molecule has 2 aromatic carbocycles. The number of phenols is 1. The van der Waals surface area contributed by atoms with E-state index in [-0.39, 0.29) is 0 Å². The molecule has 0 aliphatic carbocycles. The Kier molecular flexibility index (Phi) is 6.09. The van der Waals surface area contributed by atoms with Crippen LogP contribution in [0.15, 0.2) is 41.5 Å². The number of hydrogen-bond acceptors (Lipinski definition) is 4. The average molecular weight is 508 g/mol. The first-order chi connectivity index (χ1) is 10.1. The van der Waals surface area contributed by atoms with Crippen LogP contribution in [0.2, 0.25) is 0 Å². The maximum Gasteiger partial charge on any atom is 0.142 e. The Labute approximate surface area is 150 Å². The van der Waals surface area contributed by atoms with Gasteiger partial charge in [0.15, 0.2) is 0 Å². The summed E-state index contributed by atoms with van der Waals surface area (Å²) < 4.78 is 6.91. The Morgan fingerprint density at radius 2 is 1.90 bits per heavy atom. The Bertz CT molecular complexity index is 637. The van der Waals surface area contributed by atoms with E-state index in [0.717, 1.165) is 24.0 Å². The molecule has 0 saturated carbocycles. The Morgan fingerprint density at radius 1 is 1.24 bits per heavy atom. The fraction of sp³-hybridized carbons (Fsp3) is 0.133. The van der Waals surface area contributed by atoms with Gasteiger partial charge in [-0.25, -0.2) is 0 Å². The van der Waals surface area contributed by atoms with E-state index < -0.39 is 0 Å². The van der Waals surface area contributed by atoms with Crippen LogP contribution in [0, 0.1) is 7.14 Å². The van der Waals surface area contributed by atoms with Gasteiger partial charge < -0.3 is 15.3 Å². The molecule has 2 N–H and O–H groups in total. The highest BCUT2D eigenvalue weighted by Gasteiger charge is 2.04. The molecule has 0 spiro atoms. The molecule has 0 fully saturated rings. The van der Waals surface area contributed by atoms with Gasteiger partial charge in [-0.15, -0.1) is 0 Å². The molecule has 0 saturated heterocycles. The molecular weight excluding hydrogens is 494 g/mol. The summed E-state index contributed by atoms with van der Waals surface area (Å²) in [7, 11) is 1.66. The van der Waals surface area contributed by atoms with E-state index in [9.17, 15) is 5.11 Å². The second-order valence-electron chi connectivity index (χ2n) is 4.24. The summed E-state index contributed by atoms with van der Waals surface area (Å²) in [5, 5.41) is 13.9. The second kappa shape index (κ2) is 7.83. The normalized spacial score (nSPS) is 10.8. The summed E-state index contributed by atoms with van der Waals surface area (Å²) in [5.74, 6) is 1.16. The third-order valence-electron chi connectivity index (χ3n) is 2.81. The van der Waals surface area contributed by atoms with E-state index in [4.69, 9.17) is 4.74 Å². The molecule has 0 aliphatic rings. The lowest BCUT2D eigenvalue weighted by Gasteiger charge is -2.07. The molecule has 6 heteroatoms. The van der Waals surface area contributed by atoms with Crippen molar-refractivity contribution in [2.75, 3.05) is 7.11 Å². The van der Waals surface area contributed by atoms with Crippen LogP contribution in [-0.4, -0.2) is 18.4 Å². The molecule has 0 aromatic heterocycles. The number of benzene rings is 2. The molecule has 0 radical (unpaired) electrons. The van der Waals surface area contributed by atoms with Crippen molar-refractivity contribution in [3.63, 3.8) is 0 Å². The van der Waals surface area contributed by atoms with Crippen molar-refractivity contribution in [1.82, 2.24) is 5.43 Å². The summed E-state index contributed by atoms with van der Waals surface area (Å²) in [6.07, 6.45) is 1.74. The highest BCUT2D eigenvalue weighted by molar-refractivity contribution is 14.1. The first kappa shape index (κ1) is 16.3. The molecule has 0 amide bonds. The van der Waals surface area contributed by atoms with Crippen LogP contribution in [-0.2, 0) is 6.54 Å². The van der Waals surface area contributed by atoms with Gasteiger partial charge in [0, 0.05) is 5.56 Å². The van der Waals surface area contributed by atoms with Gasteiger partial charge in [0.05, 0.1) is 27.0 Å². The number of hydrogen-bond donors (Lipinski definition) is 2. The topological polar surface area (TPSA) is 53.8 Å². The van der Waals surface area contributed by atoms with Crippen LogP contribution in [0.1, 0.15) is 11.1 Å². The maximum atomic E-state index is 9.72. The molecule has 0 bridgehead atoms. The number of rotatable bonds is 5. The van der Waals surface area contributed by atoms with Crippen molar-refractivity contribution in [2.45, 2.75) is 6.54 Å². The lowest BCUT2D eigenvalue weighted by atomic mass is 10.2. The van der Waals surface area contributed by atoms with Crippen LogP contribution in [0.3, 0.4) is 0 Å². The molecule has 0 aliphatic heterocycles. The Morgan fingerprint density at radius 3 is 2.57 bits per heavy atom. The van der Waals surface area contributed by atoms with Gasteiger partial charge in [0.1, 0.15) is 11.5 Å². The van der Waals surface area contributed by atoms with Crippen molar-refractivity contribution in [2.24, 2.45) is 5.10 Å². The fourth-order valence-corrected chi connectivity index (χ4v) is 3.58. The molecule has 2 rings (SSSR count). The number of nitrogens with zero attached hydrogens (tertiary/aromatic N) is 1. The van der Waals surface area contributed by atoms with E-state index in [1.165, 1.54) is 0 Å². The predicted octanol–water partition coefficient (Wildman–Crippen LogP) is 3.73. The van der Waals surface area contributed by atoms with Crippen molar-refractivity contribution >= 4 is 51.4 Å². The largest absolute Gasteiger partial charge is 0.506 e. The van der Waals surface area contributed by atoms with Crippen LogP contribution in [0.4, 0.5) is 0 Å². The second-order valence-corrected chi connectivity index (χ2v) is 6.56. The Balaban J connectivity index is 2.00. The fourth-order valence-electron chi connectivity index (χ4n) is 1.76. The lowest BCUT2D eigenvalue weighted by Crippen LogP contribution is -2.07. The molecule has 110 valence electrons. The van der Waals surface area contributed by atoms with Gasteiger partial charge in [-0.3, -0.25) is 0 Å². The lowest BCUT2D eigenvalue weighted by molar-refractivity contribution is 0.408. The minimum Gasteiger partial charge on any atom is -0.506 e. The number of para-hydroxylation sites is 1. The number of phenolic OH excluding ortho intramolecular Hbond substituents is 1. The van der Waals surface area contributed by atoms with Crippen molar-refractivity contribution < 1.29 is 9.84 Å². The minimum absolute atomic E-state index is 0.315. The predicted molar refractivity (Wildman–Crippen MR) is 101 cm³/mol. The van der Waals surface area contributed by atoms with Gasteiger partial charge in [-0.2, -0.15) is 5.10 Å². The zero-order valence-corrected chi connectivity index (χ0v) is 15.6. The summed E-state index contributed by atoms with van der Waals surface area (Å²) in [6.45, 7) is 0.590. The summed E-state index contributed by atoms with van der Waals surface area (Å²) in [5.41, 5.74) is 4.99. The third kappa shape index (κ3) is 4.47. The van der Waals surface area contributed by atoms with E-state index in [1.54, 1.807) is 13.3 Å². The number of hydrazone groups is 1. The summed E-state index contributed by atoms with van der Waals surface area (Å²) in [4.78, 5) is 0. The van der Waals surface area contributed by atoms with Gasteiger partial charge >= 0.3 is 0 Å². The number of halogens is 2. The number of nitrogens with one attached hydrogen (secondary N) is 1. The summed E-state index contributed by atoms with van der Waals surface area (Å²) in [6, 6.07) is 11.6. The van der Waals surface area contributed by atoms with Crippen LogP contribution >= 0.6 is 45.2 Å². The molecule has 0 heterocycles. The number of methoxy groups -OCH3 is 1. The molecule has 0 atom stereocenters. The molecule has 0 unspecified atom stereocenters. The van der Waals surface area contributed by atoms with Gasteiger partial charge in [0.2, 0.25) is 0 Å². The third-order valence-corrected chi connectivity index (χ3v) is 4.45. The molecule has 21 heavy (non-hydrogen) atoms. The molecular formula is C15H14I2N2O2. The molecule has 4 nitrogen and oxygen atoms in total. The van der Waals surface area contributed by atoms with E-state index >= 15 is 0 Å². The van der Waals surface area contributed by atoms with Crippen molar-refractivity contribution in [3.05, 3.63) is 54.7 Å². The quantitative estimate of drug-likeness (QED) is 0.368. The van der Waals surface area contributed by atoms with Crippen molar-refractivity contribution in [1.29, 1.82) is 0 Å². The Hall–Kier alpha value is -1.03. The smallest absolute Gasteiger partial charge is 0.142 e. The highest BCUT2D eigenvalue weighted by Crippen LogP contribution is 2.26. The van der Waals surface area contributed by atoms with Gasteiger partial charge in [-0.1, -0.05) is 18.2 Å².